The van der Waals surface area contributed by atoms with E-state index in [9.17, 15) is 9.59 Å². The Labute approximate surface area is 135 Å². The van der Waals surface area contributed by atoms with Gasteiger partial charge in [-0.2, -0.15) is 11.8 Å². The van der Waals surface area contributed by atoms with Crippen LogP contribution in [0.2, 0.25) is 0 Å². The molecule has 0 aliphatic carbocycles. The Morgan fingerprint density at radius 3 is 2.45 bits per heavy atom. The molecule has 0 heterocycles. The number of hydrogen-bond donors (Lipinski definition) is 2. The van der Waals surface area contributed by atoms with Crippen molar-refractivity contribution in [1.29, 1.82) is 0 Å². The number of carboxylic acid groups (broad SMARTS) is 1. The third kappa shape index (κ3) is 5.97. The summed E-state index contributed by atoms with van der Waals surface area (Å²) >= 11 is 1.54. The molecule has 2 unspecified atom stereocenters. The summed E-state index contributed by atoms with van der Waals surface area (Å²) < 4.78 is 5.55. The highest BCUT2D eigenvalue weighted by molar-refractivity contribution is 7.98. The average Bonchev–Trinajstić information content (AvgIpc) is 2.51. The van der Waals surface area contributed by atoms with E-state index in [-0.39, 0.29) is 0 Å². The molecule has 22 heavy (non-hydrogen) atoms. The molecule has 0 aliphatic rings. The van der Waals surface area contributed by atoms with E-state index in [4.69, 9.17) is 9.84 Å². The number of ether oxygens (including phenoxy) is 1. The fraction of sp³-hybridized carbons (Fsp3) is 0.500. The van der Waals surface area contributed by atoms with Crippen molar-refractivity contribution in [1.82, 2.24) is 5.32 Å². The smallest absolute Gasteiger partial charge is 0.326 e. The molecule has 122 valence electrons. The number of carbonyl (C=O) groups excluding carboxylic acids is 1. The van der Waals surface area contributed by atoms with Crippen molar-refractivity contribution in [3.63, 3.8) is 0 Å². The number of amides is 1. The maximum Gasteiger partial charge on any atom is 0.326 e. The van der Waals surface area contributed by atoms with Gasteiger partial charge in [-0.25, -0.2) is 4.79 Å². The number of benzene rings is 1. The first-order valence-corrected chi connectivity index (χ1v) is 8.65. The lowest BCUT2D eigenvalue weighted by Gasteiger charge is -2.18. The zero-order valence-corrected chi connectivity index (χ0v) is 14.0. The van der Waals surface area contributed by atoms with Gasteiger partial charge in [0.2, 0.25) is 0 Å². The molecule has 0 spiro atoms. The van der Waals surface area contributed by atoms with E-state index in [0.29, 0.717) is 17.9 Å². The molecule has 2 N–H and O–H groups in total. The molecule has 1 aromatic carbocycles. The van der Waals surface area contributed by atoms with Gasteiger partial charge in [0.05, 0.1) is 0 Å². The van der Waals surface area contributed by atoms with E-state index in [0.717, 1.165) is 6.42 Å². The van der Waals surface area contributed by atoms with Crippen LogP contribution in [0.4, 0.5) is 0 Å². The molecule has 0 radical (unpaired) electrons. The Morgan fingerprint density at radius 1 is 1.32 bits per heavy atom. The van der Waals surface area contributed by atoms with E-state index in [2.05, 4.69) is 12.2 Å². The van der Waals surface area contributed by atoms with Crippen LogP contribution in [-0.2, 0) is 16.0 Å². The van der Waals surface area contributed by atoms with E-state index in [1.807, 2.05) is 30.5 Å². The van der Waals surface area contributed by atoms with Gasteiger partial charge in [-0.15, -0.1) is 0 Å². The number of thioether (sulfide) groups is 1. The second kappa shape index (κ2) is 9.35. The first kappa shape index (κ1) is 18.4. The minimum absolute atomic E-state index is 0.389. The fourth-order valence-electron chi connectivity index (χ4n) is 1.84. The molecule has 1 aromatic rings. The Hall–Kier alpha value is -1.69. The van der Waals surface area contributed by atoms with Gasteiger partial charge in [-0.1, -0.05) is 19.1 Å². The highest BCUT2D eigenvalue weighted by Crippen LogP contribution is 2.14. The van der Waals surface area contributed by atoms with Crippen molar-refractivity contribution in [3.05, 3.63) is 29.8 Å². The number of rotatable bonds is 9. The minimum Gasteiger partial charge on any atom is -0.481 e. The molecule has 1 rings (SSSR count). The average molecular weight is 325 g/mol. The molecule has 0 fully saturated rings. The third-order valence-corrected chi connectivity index (χ3v) is 3.88. The van der Waals surface area contributed by atoms with Crippen molar-refractivity contribution in [3.8, 4) is 5.75 Å². The molecular weight excluding hydrogens is 302 g/mol. The van der Waals surface area contributed by atoms with Crippen molar-refractivity contribution < 1.29 is 19.4 Å². The molecule has 0 saturated heterocycles. The van der Waals surface area contributed by atoms with Crippen LogP contribution >= 0.6 is 11.8 Å². The summed E-state index contributed by atoms with van der Waals surface area (Å²) in [7, 11) is 0. The van der Waals surface area contributed by atoms with Crippen molar-refractivity contribution in [2.75, 3.05) is 12.0 Å². The second-order valence-electron chi connectivity index (χ2n) is 4.94. The summed E-state index contributed by atoms with van der Waals surface area (Å²) in [5.41, 5.74) is 1.19. The van der Waals surface area contributed by atoms with Crippen LogP contribution < -0.4 is 10.1 Å². The minimum atomic E-state index is -1.03. The van der Waals surface area contributed by atoms with Gasteiger partial charge in [-0.05, 0) is 49.5 Å². The summed E-state index contributed by atoms with van der Waals surface area (Å²) in [6.07, 6.45) is 2.47. The highest BCUT2D eigenvalue weighted by Gasteiger charge is 2.23. The predicted molar refractivity (Wildman–Crippen MR) is 88.5 cm³/mol. The van der Waals surface area contributed by atoms with Crippen molar-refractivity contribution >= 4 is 23.6 Å². The van der Waals surface area contributed by atoms with Crippen LogP contribution in [0.5, 0.6) is 5.75 Å². The van der Waals surface area contributed by atoms with Crippen LogP contribution in [-0.4, -0.2) is 41.1 Å². The van der Waals surface area contributed by atoms with Gasteiger partial charge < -0.3 is 15.2 Å². The van der Waals surface area contributed by atoms with Crippen LogP contribution in [0, 0.1) is 0 Å². The zero-order chi connectivity index (χ0) is 16.5. The molecule has 0 aromatic heterocycles. The van der Waals surface area contributed by atoms with E-state index in [1.54, 1.807) is 18.7 Å². The molecule has 1 amide bonds. The topological polar surface area (TPSA) is 75.6 Å². The number of carboxylic acids is 1. The lowest BCUT2D eigenvalue weighted by Crippen LogP contribution is -2.46. The van der Waals surface area contributed by atoms with Crippen molar-refractivity contribution in [2.45, 2.75) is 38.8 Å². The SMILES string of the molecule is CCc1ccc(OC(C)C(=O)NC(CCSC)C(=O)O)cc1. The summed E-state index contributed by atoms with van der Waals surface area (Å²) in [5, 5.41) is 11.6. The first-order chi connectivity index (χ1) is 10.5. The van der Waals surface area contributed by atoms with Gasteiger partial charge >= 0.3 is 5.97 Å². The van der Waals surface area contributed by atoms with Crippen LogP contribution in [0.25, 0.3) is 0 Å². The maximum atomic E-state index is 12.0. The number of aliphatic carboxylic acids is 1. The van der Waals surface area contributed by atoms with Crippen molar-refractivity contribution in [2.24, 2.45) is 0 Å². The normalized spacial score (nSPS) is 13.2. The van der Waals surface area contributed by atoms with Crippen LogP contribution in [0.15, 0.2) is 24.3 Å². The Kier molecular flexibility index (Phi) is 7.80. The van der Waals surface area contributed by atoms with Gasteiger partial charge in [0.1, 0.15) is 11.8 Å². The van der Waals surface area contributed by atoms with Gasteiger partial charge in [0.15, 0.2) is 6.10 Å². The molecule has 6 heteroatoms. The number of carbonyl (C=O) groups is 2. The predicted octanol–water partition coefficient (Wildman–Crippen LogP) is 2.34. The molecule has 0 bridgehead atoms. The molecule has 0 aliphatic heterocycles. The highest BCUT2D eigenvalue weighted by atomic mass is 32.2. The maximum absolute atomic E-state index is 12.0. The van der Waals surface area contributed by atoms with E-state index >= 15 is 0 Å². The summed E-state index contributed by atoms with van der Waals surface area (Å²) in [6.45, 7) is 3.67. The fourth-order valence-corrected chi connectivity index (χ4v) is 2.31. The van der Waals surface area contributed by atoms with Gasteiger partial charge in [0, 0.05) is 0 Å². The first-order valence-electron chi connectivity index (χ1n) is 7.25. The third-order valence-electron chi connectivity index (χ3n) is 3.24. The number of nitrogens with one attached hydrogen (secondary N) is 1. The molecule has 0 saturated carbocycles. The molecular formula is C16H23NO4S. The summed E-state index contributed by atoms with van der Waals surface area (Å²) in [5.74, 6) is -0.184. The largest absolute Gasteiger partial charge is 0.481 e. The Balaban J connectivity index is 2.57. The summed E-state index contributed by atoms with van der Waals surface area (Å²) in [4.78, 5) is 23.2. The van der Waals surface area contributed by atoms with Crippen LogP contribution in [0.1, 0.15) is 25.8 Å². The zero-order valence-electron chi connectivity index (χ0n) is 13.2. The molecule has 2 atom stereocenters. The monoisotopic (exact) mass is 325 g/mol. The number of aryl methyl sites for hydroxylation is 1. The quantitative estimate of drug-likeness (QED) is 0.729. The second-order valence-corrected chi connectivity index (χ2v) is 5.92. The lowest BCUT2D eigenvalue weighted by atomic mass is 10.2. The van der Waals surface area contributed by atoms with E-state index in [1.165, 1.54) is 5.56 Å². The van der Waals surface area contributed by atoms with E-state index < -0.39 is 24.0 Å². The lowest BCUT2D eigenvalue weighted by molar-refractivity contribution is -0.142. The molecule has 5 nitrogen and oxygen atoms in total. The Bertz CT molecular complexity index is 489. The van der Waals surface area contributed by atoms with Crippen LogP contribution in [0.3, 0.4) is 0 Å². The summed E-state index contributed by atoms with van der Waals surface area (Å²) in [6, 6.07) is 6.63. The number of hydrogen-bond acceptors (Lipinski definition) is 4. The standard InChI is InChI=1S/C16H23NO4S/c1-4-12-5-7-13(8-6-12)21-11(2)15(18)17-14(16(19)20)9-10-22-3/h5-8,11,14H,4,9-10H2,1-3H3,(H,17,18)(H,19,20). The van der Waals surface area contributed by atoms with Gasteiger partial charge in [0.25, 0.3) is 5.91 Å². The van der Waals surface area contributed by atoms with Gasteiger partial charge in [-0.3, -0.25) is 4.79 Å². The Morgan fingerprint density at radius 2 is 1.95 bits per heavy atom.